The van der Waals surface area contributed by atoms with Gasteiger partial charge in [0.15, 0.2) is 0 Å². The molecule has 1 aromatic heterocycles. The fourth-order valence-electron chi connectivity index (χ4n) is 1.24. The van der Waals surface area contributed by atoms with Gasteiger partial charge in [-0.25, -0.2) is 0 Å². The van der Waals surface area contributed by atoms with E-state index in [4.69, 9.17) is 11.6 Å². The topological polar surface area (TPSA) is 0 Å². The van der Waals surface area contributed by atoms with Crippen molar-refractivity contribution in [1.29, 1.82) is 0 Å². The van der Waals surface area contributed by atoms with E-state index < -0.39 is 0 Å². The Morgan fingerprint density at radius 2 is 1.77 bits per heavy atom. The highest BCUT2D eigenvalue weighted by molar-refractivity contribution is 7.16. The van der Waals surface area contributed by atoms with Gasteiger partial charge in [-0.2, -0.15) is 0 Å². The summed E-state index contributed by atoms with van der Waals surface area (Å²) >= 11 is 7.49. The molecule has 0 nitrogen and oxygen atoms in total. The van der Waals surface area contributed by atoms with E-state index in [1.807, 2.05) is 12.1 Å². The van der Waals surface area contributed by atoms with Crippen molar-refractivity contribution in [3.63, 3.8) is 0 Å². The van der Waals surface area contributed by atoms with E-state index in [-0.39, 0.29) is 0 Å². The molecule has 0 amide bonds. The number of halogens is 1. The largest absolute Gasteiger partial charge is 0.128 e. The Bertz CT molecular complexity index is 378. The lowest BCUT2D eigenvalue weighted by molar-refractivity contribution is 1.24. The second-order valence-corrected chi connectivity index (χ2v) is 4.67. The number of benzene rings is 1. The fraction of sp³-hybridized carbons (Fsp3) is 0.0909. The Kier molecular flexibility index (Phi) is 2.67. The second kappa shape index (κ2) is 3.95. The van der Waals surface area contributed by atoms with Crippen LogP contribution in [-0.2, 0) is 6.42 Å². The summed E-state index contributed by atoms with van der Waals surface area (Å²) in [6.07, 6.45) is 0.984. The molecular formula is C11H9ClS. The molecule has 66 valence electrons. The van der Waals surface area contributed by atoms with Gasteiger partial charge in [-0.05, 0) is 17.7 Å². The van der Waals surface area contributed by atoms with E-state index in [0.29, 0.717) is 0 Å². The molecule has 0 aliphatic heterocycles. The molecule has 2 heteroatoms. The number of hydrogen-bond donors (Lipinski definition) is 0. The van der Waals surface area contributed by atoms with Crippen molar-refractivity contribution < 1.29 is 0 Å². The molecule has 1 aromatic carbocycles. The van der Waals surface area contributed by atoms with Crippen LogP contribution in [0.5, 0.6) is 0 Å². The Hall–Kier alpha value is -0.790. The maximum absolute atomic E-state index is 5.85. The first-order valence-electron chi connectivity index (χ1n) is 4.13. The molecule has 0 bridgehead atoms. The molecule has 0 spiro atoms. The lowest BCUT2D eigenvalue weighted by atomic mass is 10.1. The Labute approximate surface area is 86.8 Å². The van der Waals surface area contributed by atoms with Crippen LogP contribution in [0.4, 0.5) is 0 Å². The van der Waals surface area contributed by atoms with E-state index in [0.717, 1.165) is 10.8 Å². The fourth-order valence-corrected chi connectivity index (χ4v) is 2.37. The van der Waals surface area contributed by atoms with Gasteiger partial charge >= 0.3 is 0 Å². The van der Waals surface area contributed by atoms with Gasteiger partial charge in [0, 0.05) is 11.3 Å². The lowest BCUT2D eigenvalue weighted by Crippen LogP contribution is -1.81. The maximum atomic E-state index is 5.85. The monoisotopic (exact) mass is 208 g/mol. The molecule has 2 aromatic rings. The first-order chi connectivity index (χ1) is 6.34. The highest BCUT2D eigenvalue weighted by atomic mass is 35.5. The molecule has 0 saturated heterocycles. The molecule has 0 atom stereocenters. The van der Waals surface area contributed by atoms with E-state index in [1.54, 1.807) is 11.3 Å². The van der Waals surface area contributed by atoms with Crippen LogP contribution >= 0.6 is 22.9 Å². The molecule has 0 fully saturated rings. The summed E-state index contributed by atoms with van der Waals surface area (Å²) in [5.41, 5.74) is 1.33. The SMILES string of the molecule is Clc1ccc(Cc2ccccc2)s1. The van der Waals surface area contributed by atoms with E-state index in [1.165, 1.54) is 10.4 Å². The van der Waals surface area contributed by atoms with Crippen LogP contribution in [0.3, 0.4) is 0 Å². The molecular weight excluding hydrogens is 200 g/mol. The minimum Gasteiger partial charge on any atom is -0.128 e. The Balaban J connectivity index is 2.15. The van der Waals surface area contributed by atoms with Crippen LogP contribution in [-0.4, -0.2) is 0 Å². The Morgan fingerprint density at radius 3 is 2.38 bits per heavy atom. The summed E-state index contributed by atoms with van der Waals surface area (Å²) in [7, 11) is 0. The van der Waals surface area contributed by atoms with Gasteiger partial charge in [-0.15, -0.1) is 11.3 Å². The minimum absolute atomic E-state index is 0.867. The third kappa shape index (κ3) is 2.33. The van der Waals surface area contributed by atoms with Gasteiger partial charge in [-0.3, -0.25) is 0 Å². The van der Waals surface area contributed by atoms with Crippen LogP contribution in [0.2, 0.25) is 4.34 Å². The van der Waals surface area contributed by atoms with Crippen LogP contribution < -0.4 is 0 Å². The van der Waals surface area contributed by atoms with Gasteiger partial charge < -0.3 is 0 Å². The Morgan fingerprint density at radius 1 is 1.00 bits per heavy atom. The molecule has 13 heavy (non-hydrogen) atoms. The summed E-state index contributed by atoms with van der Waals surface area (Å²) in [5, 5.41) is 0. The lowest BCUT2D eigenvalue weighted by Gasteiger charge is -1.96. The number of rotatable bonds is 2. The van der Waals surface area contributed by atoms with Gasteiger partial charge in [-0.1, -0.05) is 41.9 Å². The molecule has 0 aliphatic carbocycles. The molecule has 2 rings (SSSR count). The smallest absolute Gasteiger partial charge is 0.0931 e. The number of thiophene rings is 1. The van der Waals surface area contributed by atoms with Gasteiger partial charge in [0.05, 0.1) is 4.34 Å². The molecule has 0 saturated carbocycles. The predicted octanol–water partition coefficient (Wildman–Crippen LogP) is 3.99. The van der Waals surface area contributed by atoms with E-state index in [9.17, 15) is 0 Å². The highest BCUT2D eigenvalue weighted by Gasteiger charge is 1.98. The maximum Gasteiger partial charge on any atom is 0.0931 e. The predicted molar refractivity (Wildman–Crippen MR) is 58.6 cm³/mol. The normalized spacial score (nSPS) is 10.2. The van der Waals surface area contributed by atoms with E-state index in [2.05, 4.69) is 30.3 Å². The number of hydrogen-bond acceptors (Lipinski definition) is 1. The molecule has 0 unspecified atom stereocenters. The van der Waals surface area contributed by atoms with Crippen LogP contribution in [0, 0.1) is 0 Å². The quantitative estimate of drug-likeness (QED) is 0.700. The summed E-state index contributed by atoms with van der Waals surface area (Å²) in [5.74, 6) is 0. The van der Waals surface area contributed by atoms with Crippen molar-refractivity contribution in [3.8, 4) is 0 Å². The molecule has 0 radical (unpaired) electrons. The van der Waals surface area contributed by atoms with Gasteiger partial charge in [0.2, 0.25) is 0 Å². The zero-order valence-electron chi connectivity index (χ0n) is 7.03. The van der Waals surface area contributed by atoms with E-state index >= 15 is 0 Å². The summed E-state index contributed by atoms with van der Waals surface area (Å²) in [6, 6.07) is 14.5. The standard InChI is InChI=1S/C11H9ClS/c12-11-7-6-10(13-11)8-9-4-2-1-3-5-9/h1-7H,8H2. The van der Waals surface area contributed by atoms with Crippen LogP contribution in [0.1, 0.15) is 10.4 Å². The van der Waals surface area contributed by atoms with Crippen molar-refractivity contribution >= 4 is 22.9 Å². The summed E-state index contributed by atoms with van der Waals surface area (Å²) in [6.45, 7) is 0. The van der Waals surface area contributed by atoms with Gasteiger partial charge in [0.1, 0.15) is 0 Å². The van der Waals surface area contributed by atoms with Crippen molar-refractivity contribution in [2.75, 3.05) is 0 Å². The van der Waals surface area contributed by atoms with Crippen LogP contribution in [0.15, 0.2) is 42.5 Å². The third-order valence-electron chi connectivity index (χ3n) is 1.85. The zero-order chi connectivity index (χ0) is 9.10. The van der Waals surface area contributed by atoms with Crippen molar-refractivity contribution in [1.82, 2.24) is 0 Å². The van der Waals surface area contributed by atoms with Crippen LogP contribution in [0.25, 0.3) is 0 Å². The summed E-state index contributed by atoms with van der Waals surface area (Å²) < 4.78 is 0.867. The zero-order valence-corrected chi connectivity index (χ0v) is 8.61. The van der Waals surface area contributed by atoms with Crippen molar-refractivity contribution in [3.05, 3.63) is 57.2 Å². The highest BCUT2D eigenvalue weighted by Crippen LogP contribution is 2.23. The first-order valence-corrected chi connectivity index (χ1v) is 5.32. The van der Waals surface area contributed by atoms with Crippen molar-refractivity contribution in [2.45, 2.75) is 6.42 Å². The summed E-state index contributed by atoms with van der Waals surface area (Å²) in [4.78, 5) is 1.32. The average molecular weight is 209 g/mol. The molecule has 0 aliphatic rings. The third-order valence-corrected chi connectivity index (χ3v) is 3.08. The average Bonchev–Trinajstić information content (AvgIpc) is 2.53. The first kappa shape index (κ1) is 8.79. The van der Waals surface area contributed by atoms with Gasteiger partial charge in [0.25, 0.3) is 0 Å². The second-order valence-electron chi connectivity index (χ2n) is 2.87. The molecule has 0 N–H and O–H groups in total. The minimum atomic E-state index is 0.867. The molecule has 1 heterocycles. The van der Waals surface area contributed by atoms with Crippen molar-refractivity contribution in [2.24, 2.45) is 0 Å².